The van der Waals surface area contributed by atoms with Crippen LogP contribution in [0.4, 0.5) is 0 Å². The highest BCUT2D eigenvalue weighted by Gasteiger charge is 2.29. The van der Waals surface area contributed by atoms with Crippen molar-refractivity contribution in [2.24, 2.45) is 5.92 Å². The van der Waals surface area contributed by atoms with Gasteiger partial charge in [-0.2, -0.15) is 0 Å². The van der Waals surface area contributed by atoms with E-state index in [9.17, 15) is 4.79 Å². The van der Waals surface area contributed by atoms with Crippen LogP contribution in [0.3, 0.4) is 0 Å². The summed E-state index contributed by atoms with van der Waals surface area (Å²) in [6.45, 7) is 5.38. The van der Waals surface area contributed by atoms with E-state index in [1.807, 2.05) is 36.4 Å². The highest BCUT2D eigenvalue weighted by atomic mass is 16.5. The summed E-state index contributed by atoms with van der Waals surface area (Å²) in [5.41, 5.74) is 8.40. The van der Waals surface area contributed by atoms with E-state index in [2.05, 4.69) is 35.0 Å². The molecule has 2 aromatic rings. The first-order chi connectivity index (χ1) is 13.1. The van der Waals surface area contributed by atoms with Crippen molar-refractivity contribution in [3.05, 3.63) is 59.9 Å². The number of nitrogens with one attached hydrogen (secondary N) is 3. The Balaban J connectivity index is 1.41. The summed E-state index contributed by atoms with van der Waals surface area (Å²) in [5.74, 6) is 1.45. The lowest BCUT2D eigenvalue weighted by molar-refractivity contribution is -0.123. The second-order valence-corrected chi connectivity index (χ2v) is 7.42. The number of carbonyl (C=O) groups excluding carboxylic acids is 1. The molecule has 27 heavy (non-hydrogen) atoms. The van der Waals surface area contributed by atoms with Gasteiger partial charge in [-0.15, -0.1) is 0 Å². The van der Waals surface area contributed by atoms with E-state index in [0.29, 0.717) is 25.1 Å². The van der Waals surface area contributed by atoms with Gasteiger partial charge in [0.15, 0.2) is 0 Å². The molecule has 1 amide bonds. The lowest BCUT2D eigenvalue weighted by Gasteiger charge is -2.12. The van der Waals surface area contributed by atoms with Gasteiger partial charge in [-0.25, -0.2) is 5.43 Å². The van der Waals surface area contributed by atoms with Crippen LogP contribution in [0.5, 0.6) is 5.75 Å². The summed E-state index contributed by atoms with van der Waals surface area (Å²) in [7, 11) is 0. The molecule has 1 saturated heterocycles. The van der Waals surface area contributed by atoms with Gasteiger partial charge in [0.1, 0.15) is 18.4 Å². The Labute approximate surface area is 160 Å². The second-order valence-electron chi connectivity index (χ2n) is 7.42. The fourth-order valence-electron chi connectivity index (χ4n) is 3.18. The number of hydrogen-bond acceptors (Lipinski definition) is 5. The Bertz CT molecular complexity index is 719. The van der Waals surface area contributed by atoms with E-state index in [1.54, 1.807) is 12.4 Å². The third kappa shape index (κ3) is 6.05. The Morgan fingerprint density at radius 3 is 2.74 bits per heavy atom. The molecular weight excluding hydrogens is 340 g/mol. The molecule has 2 heterocycles. The van der Waals surface area contributed by atoms with Crippen molar-refractivity contribution in [1.82, 2.24) is 21.2 Å². The smallest absolute Gasteiger partial charge is 0.238 e. The Hall–Kier alpha value is -2.44. The van der Waals surface area contributed by atoms with Crippen molar-refractivity contribution in [3.8, 4) is 5.75 Å². The average molecular weight is 368 g/mol. The molecule has 0 spiro atoms. The van der Waals surface area contributed by atoms with Crippen molar-refractivity contribution in [2.45, 2.75) is 51.9 Å². The number of rotatable bonds is 8. The van der Waals surface area contributed by atoms with E-state index in [-0.39, 0.29) is 11.9 Å². The van der Waals surface area contributed by atoms with Crippen molar-refractivity contribution in [3.63, 3.8) is 0 Å². The van der Waals surface area contributed by atoms with Crippen molar-refractivity contribution in [1.29, 1.82) is 0 Å². The quantitative estimate of drug-likeness (QED) is 0.668. The standard InChI is InChI=1S/C21H28N4O2/c1-15(2)10-18-11-20(25-24-18)21(26)23-13-16-5-7-19(8-6-16)27-14-17-4-3-9-22-12-17/h3-9,12,15,18,20,24-25H,10-11,13-14H2,1-2H3,(H,23,26). The van der Waals surface area contributed by atoms with Crippen LogP contribution >= 0.6 is 0 Å². The highest BCUT2D eigenvalue weighted by Crippen LogP contribution is 2.15. The molecule has 144 valence electrons. The molecule has 6 nitrogen and oxygen atoms in total. The fourth-order valence-corrected chi connectivity index (χ4v) is 3.18. The van der Waals surface area contributed by atoms with E-state index < -0.39 is 0 Å². The predicted octanol–water partition coefficient (Wildman–Crippen LogP) is 2.56. The first-order valence-electron chi connectivity index (χ1n) is 9.49. The summed E-state index contributed by atoms with van der Waals surface area (Å²) < 4.78 is 5.75. The third-order valence-electron chi connectivity index (χ3n) is 4.57. The van der Waals surface area contributed by atoms with Gasteiger partial charge in [-0.3, -0.25) is 15.2 Å². The normalized spacial score (nSPS) is 19.2. The molecule has 0 bridgehead atoms. The maximum absolute atomic E-state index is 12.3. The first kappa shape index (κ1) is 19.3. The minimum absolute atomic E-state index is 0.0330. The second kappa shape index (κ2) is 9.48. The van der Waals surface area contributed by atoms with E-state index in [0.717, 1.165) is 29.7 Å². The maximum Gasteiger partial charge on any atom is 0.238 e. The van der Waals surface area contributed by atoms with Gasteiger partial charge in [0.2, 0.25) is 5.91 Å². The number of benzene rings is 1. The van der Waals surface area contributed by atoms with Crippen LogP contribution < -0.4 is 20.9 Å². The molecule has 3 N–H and O–H groups in total. The third-order valence-corrected chi connectivity index (χ3v) is 4.57. The van der Waals surface area contributed by atoms with Gasteiger partial charge in [0.05, 0.1) is 0 Å². The number of amides is 1. The van der Waals surface area contributed by atoms with E-state index in [1.165, 1.54) is 0 Å². The van der Waals surface area contributed by atoms with Crippen molar-refractivity contribution >= 4 is 5.91 Å². The molecule has 2 unspecified atom stereocenters. The molecule has 0 saturated carbocycles. The van der Waals surface area contributed by atoms with Gasteiger partial charge in [-0.05, 0) is 42.5 Å². The summed E-state index contributed by atoms with van der Waals surface area (Å²) in [5, 5.41) is 3.00. The molecule has 3 rings (SSSR count). The number of nitrogens with zero attached hydrogens (tertiary/aromatic N) is 1. The van der Waals surface area contributed by atoms with Crippen LogP contribution in [0.2, 0.25) is 0 Å². The average Bonchev–Trinajstić information content (AvgIpc) is 3.14. The monoisotopic (exact) mass is 368 g/mol. The van der Waals surface area contributed by atoms with E-state index in [4.69, 9.17) is 4.74 Å². The zero-order valence-corrected chi connectivity index (χ0v) is 15.9. The number of aromatic nitrogens is 1. The van der Waals surface area contributed by atoms with Crippen molar-refractivity contribution in [2.75, 3.05) is 0 Å². The zero-order chi connectivity index (χ0) is 19.1. The largest absolute Gasteiger partial charge is 0.489 e. The summed E-state index contributed by atoms with van der Waals surface area (Å²) >= 11 is 0. The molecule has 1 aromatic carbocycles. The highest BCUT2D eigenvalue weighted by molar-refractivity contribution is 5.82. The molecule has 1 fully saturated rings. The number of hydrazine groups is 1. The molecule has 0 radical (unpaired) electrons. The molecule has 0 aliphatic carbocycles. The van der Waals surface area contributed by atoms with Crippen LogP contribution in [-0.2, 0) is 17.9 Å². The number of pyridine rings is 1. The topological polar surface area (TPSA) is 75.3 Å². The predicted molar refractivity (Wildman–Crippen MR) is 105 cm³/mol. The van der Waals surface area contributed by atoms with Gasteiger partial charge in [-0.1, -0.05) is 32.0 Å². The Kier molecular flexibility index (Phi) is 6.79. The van der Waals surface area contributed by atoms with Crippen LogP contribution in [-0.4, -0.2) is 23.0 Å². The SMILES string of the molecule is CC(C)CC1CC(C(=O)NCc2ccc(OCc3cccnc3)cc2)NN1. The van der Waals surface area contributed by atoms with Gasteiger partial charge < -0.3 is 10.1 Å². The molecule has 1 aliphatic rings. The van der Waals surface area contributed by atoms with Crippen LogP contribution in [0.15, 0.2) is 48.8 Å². The Morgan fingerprint density at radius 1 is 1.22 bits per heavy atom. The molecular formula is C21H28N4O2. The minimum atomic E-state index is -0.171. The van der Waals surface area contributed by atoms with Gasteiger partial charge in [0.25, 0.3) is 0 Å². The van der Waals surface area contributed by atoms with Crippen molar-refractivity contribution < 1.29 is 9.53 Å². The van der Waals surface area contributed by atoms with Crippen LogP contribution in [0.1, 0.15) is 37.8 Å². The van der Waals surface area contributed by atoms with E-state index >= 15 is 0 Å². The zero-order valence-electron chi connectivity index (χ0n) is 15.9. The lowest BCUT2D eigenvalue weighted by atomic mass is 10.00. The number of hydrogen-bond donors (Lipinski definition) is 3. The maximum atomic E-state index is 12.3. The van der Waals surface area contributed by atoms with Gasteiger partial charge in [0, 0.05) is 30.5 Å². The minimum Gasteiger partial charge on any atom is -0.489 e. The molecule has 6 heteroatoms. The molecule has 2 atom stereocenters. The number of ether oxygens (including phenoxy) is 1. The summed E-state index contributed by atoms with van der Waals surface area (Å²) in [6.07, 6.45) is 5.43. The fraction of sp³-hybridized carbons (Fsp3) is 0.429. The van der Waals surface area contributed by atoms with Gasteiger partial charge >= 0.3 is 0 Å². The number of carbonyl (C=O) groups is 1. The van der Waals surface area contributed by atoms with Crippen LogP contribution in [0, 0.1) is 5.92 Å². The Morgan fingerprint density at radius 2 is 2.04 bits per heavy atom. The first-order valence-corrected chi connectivity index (χ1v) is 9.49. The summed E-state index contributed by atoms with van der Waals surface area (Å²) in [6, 6.07) is 11.9. The molecule has 1 aliphatic heterocycles. The lowest BCUT2D eigenvalue weighted by Crippen LogP contribution is -2.43. The van der Waals surface area contributed by atoms with Crippen LogP contribution in [0.25, 0.3) is 0 Å². The summed E-state index contributed by atoms with van der Waals surface area (Å²) in [4.78, 5) is 16.4. The molecule has 1 aromatic heterocycles.